The smallest absolute Gasteiger partial charge is 0.253 e. The Morgan fingerprint density at radius 2 is 1.83 bits per heavy atom. The molecule has 0 radical (unpaired) electrons. The van der Waals surface area contributed by atoms with Crippen LogP contribution >= 0.6 is 11.3 Å². The van der Waals surface area contributed by atoms with E-state index in [4.69, 9.17) is 0 Å². The summed E-state index contributed by atoms with van der Waals surface area (Å²) in [5, 5.41) is 3.21. The van der Waals surface area contributed by atoms with Crippen molar-refractivity contribution in [3.05, 3.63) is 89.3 Å². The number of nitrogens with one attached hydrogen (secondary N) is 1. The molecule has 0 atom stereocenters. The Morgan fingerprint density at radius 1 is 1.00 bits per heavy atom. The average molecular weight is 401 g/mol. The van der Waals surface area contributed by atoms with Crippen LogP contribution < -0.4 is 5.32 Å². The van der Waals surface area contributed by atoms with E-state index in [0.29, 0.717) is 12.1 Å². The highest BCUT2D eigenvalue weighted by Crippen LogP contribution is 2.22. The molecule has 1 amide bonds. The third kappa shape index (κ3) is 4.64. The summed E-state index contributed by atoms with van der Waals surface area (Å²) in [5.41, 5.74) is 5.31. The van der Waals surface area contributed by atoms with E-state index in [1.165, 1.54) is 0 Å². The van der Waals surface area contributed by atoms with Crippen LogP contribution in [-0.2, 0) is 6.54 Å². The number of nitrogens with zero attached hydrogens (tertiary/aromatic N) is 4. The van der Waals surface area contributed by atoms with E-state index in [9.17, 15) is 4.79 Å². The molecule has 0 saturated carbocycles. The zero-order valence-corrected chi connectivity index (χ0v) is 16.6. The minimum absolute atomic E-state index is 0.0147. The van der Waals surface area contributed by atoms with Crippen LogP contribution in [0, 0.1) is 0 Å². The zero-order valence-electron chi connectivity index (χ0n) is 15.8. The number of anilines is 2. The molecule has 29 heavy (non-hydrogen) atoms. The lowest BCUT2D eigenvalue weighted by molar-refractivity contribution is 0.0786. The molecule has 6 nitrogen and oxygen atoms in total. The molecule has 4 aromatic rings. The molecule has 0 bridgehead atoms. The number of hydrogen-bond acceptors (Lipinski definition) is 6. The number of rotatable bonds is 6. The third-order valence-electron chi connectivity index (χ3n) is 4.39. The summed E-state index contributed by atoms with van der Waals surface area (Å²) < 4.78 is 0. The van der Waals surface area contributed by atoms with Gasteiger partial charge in [-0.2, -0.15) is 0 Å². The number of carbonyl (C=O) groups is 1. The number of thiazole rings is 1. The maximum absolute atomic E-state index is 12.6. The molecular formula is C22H19N5OS. The normalized spacial score (nSPS) is 10.5. The van der Waals surface area contributed by atoms with Crippen molar-refractivity contribution in [2.75, 3.05) is 12.4 Å². The summed E-state index contributed by atoms with van der Waals surface area (Å²) in [6.45, 7) is 0.556. The molecule has 1 N–H and O–H groups in total. The van der Waals surface area contributed by atoms with E-state index in [2.05, 4.69) is 20.3 Å². The number of amides is 1. The van der Waals surface area contributed by atoms with E-state index in [-0.39, 0.29) is 5.91 Å². The maximum Gasteiger partial charge on any atom is 0.253 e. The lowest BCUT2D eigenvalue weighted by Gasteiger charge is -2.16. The van der Waals surface area contributed by atoms with Crippen molar-refractivity contribution in [2.45, 2.75) is 6.54 Å². The standard InChI is InChI=1S/C22H19N5OS/c1-27(14-20-13-24-15-29-20)22(28)17-6-4-16(5-7-17)18-8-9-21(25-11-18)26-19-3-2-10-23-12-19/h2-13,15H,14H2,1H3,(H,25,26). The van der Waals surface area contributed by atoms with E-state index in [0.717, 1.165) is 27.5 Å². The molecule has 0 aliphatic heterocycles. The van der Waals surface area contributed by atoms with Gasteiger partial charge in [0.15, 0.2) is 0 Å². The summed E-state index contributed by atoms with van der Waals surface area (Å²) in [7, 11) is 1.80. The van der Waals surface area contributed by atoms with Crippen molar-refractivity contribution in [1.82, 2.24) is 19.9 Å². The Kier molecular flexibility index (Phi) is 5.58. The fourth-order valence-corrected chi connectivity index (χ4v) is 3.52. The maximum atomic E-state index is 12.6. The molecule has 4 rings (SSSR count). The summed E-state index contributed by atoms with van der Waals surface area (Å²) in [5.74, 6) is 0.734. The van der Waals surface area contributed by atoms with Gasteiger partial charge >= 0.3 is 0 Å². The van der Waals surface area contributed by atoms with Gasteiger partial charge in [0, 0.05) is 41.6 Å². The van der Waals surface area contributed by atoms with Gasteiger partial charge in [0.2, 0.25) is 0 Å². The first-order valence-corrected chi connectivity index (χ1v) is 9.93. The zero-order chi connectivity index (χ0) is 20.1. The van der Waals surface area contributed by atoms with Crippen molar-refractivity contribution in [2.24, 2.45) is 0 Å². The molecule has 7 heteroatoms. The van der Waals surface area contributed by atoms with Gasteiger partial charge in [-0.15, -0.1) is 11.3 Å². The van der Waals surface area contributed by atoms with E-state index in [1.807, 2.05) is 54.7 Å². The van der Waals surface area contributed by atoms with Crippen LogP contribution in [0.15, 0.2) is 78.8 Å². The topological polar surface area (TPSA) is 71.0 Å². The second-order valence-corrected chi connectivity index (χ2v) is 7.48. The molecule has 0 aliphatic rings. The van der Waals surface area contributed by atoms with Crippen molar-refractivity contribution < 1.29 is 4.79 Å². The average Bonchev–Trinajstić information content (AvgIpc) is 3.28. The molecule has 0 spiro atoms. The summed E-state index contributed by atoms with van der Waals surface area (Å²) in [6, 6.07) is 15.3. The van der Waals surface area contributed by atoms with Crippen molar-refractivity contribution in [3.63, 3.8) is 0 Å². The second kappa shape index (κ2) is 8.62. The van der Waals surface area contributed by atoms with Crippen LogP contribution in [0.4, 0.5) is 11.5 Å². The first-order valence-electron chi connectivity index (χ1n) is 9.05. The van der Waals surface area contributed by atoms with E-state index in [1.54, 1.807) is 47.4 Å². The predicted molar refractivity (Wildman–Crippen MR) is 115 cm³/mol. The Balaban J connectivity index is 1.42. The van der Waals surface area contributed by atoms with Gasteiger partial charge in [0.05, 0.1) is 23.9 Å². The molecule has 1 aromatic carbocycles. The first kappa shape index (κ1) is 18.8. The fourth-order valence-electron chi connectivity index (χ4n) is 2.87. The first-order chi connectivity index (χ1) is 14.2. The van der Waals surface area contributed by atoms with Gasteiger partial charge in [-0.05, 0) is 42.0 Å². The summed E-state index contributed by atoms with van der Waals surface area (Å²) in [4.78, 5) is 28.0. The fraction of sp³-hybridized carbons (Fsp3) is 0.0909. The van der Waals surface area contributed by atoms with Crippen molar-refractivity contribution in [1.29, 1.82) is 0 Å². The Hall–Kier alpha value is -3.58. The quantitative estimate of drug-likeness (QED) is 0.511. The number of hydrogen-bond donors (Lipinski definition) is 1. The molecule has 3 heterocycles. The second-order valence-electron chi connectivity index (χ2n) is 6.51. The van der Waals surface area contributed by atoms with Gasteiger partial charge in [-0.1, -0.05) is 12.1 Å². The largest absolute Gasteiger partial charge is 0.339 e. The van der Waals surface area contributed by atoms with Crippen LogP contribution in [0.3, 0.4) is 0 Å². The predicted octanol–water partition coefficient (Wildman–Crippen LogP) is 4.62. The molecule has 0 unspecified atom stereocenters. The number of aromatic nitrogens is 3. The summed E-state index contributed by atoms with van der Waals surface area (Å²) >= 11 is 1.54. The molecule has 3 aromatic heterocycles. The van der Waals surface area contributed by atoms with Gasteiger partial charge in [-0.3, -0.25) is 14.8 Å². The molecular weight excluding hydrogens is 382 g/mol. The summed E-state index contributed by atoms with van der Waals surface area (Å²) in [6.07, 6.45) is 7.08. The van der Waals surface area contributed by atoms with Crippen molar-refractivity contribution in [3.8, 4) is 11.1 Å². The molecule has 0 saturated heterocycles. The van der Waals surface area contributed by atoms with Crippen molar-refractivity contribution >= 4 is 28.7 Å². The van der Waals surface area contributed by atoms with Crippen LogP contribution in [0.1, 0.15) is 15.2 Å². The molecule has 0 fully saturated rings. The Bertz CT molecular complexity index is 1060. The van der Waals surface area contributed by atoms with E-state index >= 15 is 0 Å². The Labute approximate surface area is 172 Å². The van der Waals surface area contributed by atoms with Gasteiger partial charge in [-0.25, -0.2) is 4.98 Å². The lowest BCUT2D eigenvalue weighted by atomic mass is 10.1. The number of benzene rings is 1. The van der Waals surface area contributed by atoms with Crippen LogP contribution in [0.25, 0.3) is 11.1 Å². The van der Waals surface area contributed by atoms with Crippen LogP contribution in [0.2, 0.25) is 0 Å². The molecule has 144 valence electrons. The third-order valence-corrected chi connectivity index (χ3v) is 5.15. The SMILES string of the molecule is CN(Cc1cncs1)C(=O)c1ccc(-c2ccc(Nc3cccnc3)nc2)cc1. The highest BCUT2D eigenvalue weighted by molar-refractivity contribution is 7.09. The van der Waals surface area contributed by atoms with Crippen LogP contribution in [-0.4, -0.2) is 32.8 Å². The monoisotopic (exact) mass is 401 g/mol. The highest BCUT2D eigenvalue weighted by Gasteiger charge is 2.13. The highest BCUT2D eigenvalue weighted by atomic mass is 32.1. The number of carbonyl (C=O) groups excluding carboxylic acids is 1. The van der Waals surface area contributed by atoms with Gasteiger partial charge in [0.1, 0.15) is 5.82 Å². The van der Waals surface area contributed by atoms with Gasteiger partial charge < -0.3 is 10.2 Å². The Morgan fingerprint density at radius 3 is 2.48 bits per heavy atom. The minimum Gasteiger partial charge on any atom is -0.339 e. The van der Waals surface area contributed by atoms with Gasteiger partial charge in [0.25, 0.3) is 5.91 Å². The number of pyridine rings is 2. The lowest BCUT2D eigenvalue weighted by Crippen LogP contribution is -2.25. The van der Waals surface area contributed by atoms with Crippen LogP contribution in [0.5, 0.6) is 0 Å². The van der Waals surface area contributed by atoms with E-state index < -0.39 is 0 Å². The molecule has 0 aliphatic carbocycles. The minimum atomic E-state index is -0.0147.